The lowest BCUT2D eigenvalue weighted by atomic mass is 10.2. The van der Waals surface area contributed by atoms with E-state index in [9.17, 15) is 14.9 Å². The van der Waals surface area contributed by atoms with Crippen molar-refractivity contribution in [2.24, 2.45) is 0 Å². The Labute approximate surface area is 113 Å². The first-order valence-corrected chi connectivity index (χ1v) is 5.61. The molecule has 2 aromatic rings. The van der Waals surface area contributed by atoms with Crippen LogP contribution in [0.15, 0.2) is 42.6 Å². The van der Waals surface area contributed by atoms with Crippen LogP contribution in [-0.2, 0) is 0 Å². The standard InChI is InChI=1S/C12H8ClN3O3/c13-11-5-4-9(7-14-11)15-12(17)8-2-1-3-10(6-8)16(18)19/h1-7H,(H,15,17). The van der Waals surface area contributed by atoms with Gasteiger partial charge in [-0.2, -0.15) is 0 Å². The van der Waals surface area contributed by atoms with E-state index < -0.39 is 10.8 Å². The number of carbonyl (C=O) groups is 1. The molecule has 1 N–H and O–H groups in total. The van der Waals surface area contributed by atoms with Crippen LogP contribution in [0.3, 0.4) is 0 Å². The molecule has 1 amide bonds. The molecule has 0 radical (unpaired) electrons. The number of nitrogens with zero attached hydrogens (tertiary/aromatic N) is 2. The number of non-ortho nitro benzene ring substituents is 1. The highest BCUT2D eigenvalue weighted by Gasteiger charge is 2.11. The monoisotopic (exact) mass is 277 g/mol. The average molecular weight is 278 g/mol. The summed E-state index contributed by atoms with van der Waals surface area (Å²) >= 11 is 5.62. The van der Waals surface area contributed by atoms with Crippen LogP contribution >= 0.6 is 11.6 Å². The van der Waals surface area contributed by atoms with Crippen molar-refractivity contribution in [3.8, 4) is 0 Å². The van der Waals surface area contributed by atoms with Gasteiger partial charge in [0.2, 0.25) is 0 Å². The van der Waals surface area contributed by atoms with Crippen molar-refractivity contribution in [2.45, 2.75) is 0 Å². The van der Waals surface area contributed by atoms with Crippen molar-refractivity contribution in [2.75, 3.05) is 5.32 Å². The number of halogens is 1. The maximum absolute atomic E-state index is 11.9. The van der Waals surface area contributed by atoms with Crippen molar-refractivity contribution in [3.05, 3.63) is 63.4 Å². The number of nitro benzene ring substituents is 1. The molecule has 0 aliphatic rings. The third-order valence-electron chi connectivity index (χ3n) is 2.30. The molecule has 0 atom stereocenters. The van der Waals surface area contributed by atoms with Crippen LogP contribution in [0.2, 0.25) is 5.15 Å². The third-order valence-corrected chi connectivity index (χ3v) is 2.53. The summed E-state index contributed by atoms with van der Waals surface area (Å²) in [7, 11) is 0. The molecule has 1 aromatic heterocycles. The molecule has 0 saturated heterocycles. The molecule has 6 nitrogen and oxygen atoms in total. The minimum absolute atomic E-state index is 0.137. The number of rotatable bonds is 3. The van der Waals surface area contributed by atoms with Gasteiger partial charge in [-0.1, -0.05) is 17.7 Å². The molecule has 0 aliphatic heterocycles. The molecule has 0 unspecified atom stereocenters. The number of hydrogen-bond acceptors (Lipinski definition) is 4. The van der Waals surface area contributed by atoms with Gasteiger partial charge in [-0.15, -0.1) is 0 Å². The van der Waals surface area contributed by atoms with Crippen LogP contribution in [0.4, 0.5) is 11.4 Å². The summed E-state index contributed by atoms with van der Waals surface area (Å²) < 4.78 is 0. The maximum atomic E-state index is 11.9. The molecule has 7 heteroatoms. The second-order valence-corrected chi connectivity index (χ2v) is 4.02. The number of nitro groups is 1. The van der Waals surface area contributed by atoms with E-state index in [-0.39, 0.29) is 11.3 Å². The lowest BCUT2D eigenvalue weighted by Crippen LogP contribution is -2.12. The summed E-state index contributed by atoms with van der Waals surface area (Å²) in [6.07, 6.45) is 1.40. The number of anilines is 1. The zero-order chi connectivity index (χ0) is 13.8. The number of aromatic nitrogens is 1. The second kappa shape index (κ2) is 5.45. The van der Waals surface area contributed by atoms with Gasteiger partial charge in [-0.05, 0) is 18.2 Å². The zero-order valence-corrected chi connectivity index (χ0v) is 10.3. The Morgan fingerprint density at radius 2 is 2.11 bits per heavy atom. The predicted molar refractivity (Wildman–Crippen MR) is 70.3 cm³/mol. The fraction of sp³-hybridized carbons (Fsp3) is 0. The van der Waals surface area contributed by atoms with Crippen molar-refractivity contribution >= 4 is 28.9 Å². The minimum Gasteiger partial charge on any atom is -0.321 e. The van der Waals surface area contributed by atoms with Gasteiger partial charge in [0.1, 0.15) is 5.15 Å². The van der Waals surface area contributed by atoms with Gasteiger partial charge in [0, 0.05) is 17.7 Å². The molecule has 19 heavy (non-hydrogen) atoms. The fourth-order valence-electron chi connectivity index (χ4n) is 1.41. The van der Waals surface area contributed by atoms with Gasteiger partial charge in [-0.3, -0.25) is 14.9 Å². The van der Waals surface area contributed by atoms with Crippen LogP contribution in [0, 0.1) is 10.1 Å². The molecule has 2 rings (SSSR count). The van der Waals surface area contributed by atoms with E-state index in [1.807, 2.05) is 0 Å². The van der Waals surface area contributed by atoms with E-state index in [0.717, 1.165) is 0 Å². The van der Waals surface area contributed by atoms with E-state index in [1.54, 1.807) is 6.07 Å². The summed E-state index contributed by atoms with van der Waals surface area (Å²) in [4.78, 5) is 25.8. The molecule has 1 heterocycles. The van der Waals surface area contributed by atoms with Crippen LogP contribution < -0.4 is 5.32 Å². The molecular formula is C12H8ClN3O3. The van der Waals surface area contributed by atoms with Crippen molar-refractivity contribution < 1.29 is 9.72 Å². The van der Waals surface area contributed by atoms with Crippen molar-refractivity contribution in [1.29, 1.82) is 0 Å². The first-order chi connectivity index (χ1) is 9.06. The van der Waals surface area contributed by atoms with Crippen molar-refractivity contribution in [3.63, 3.8) is 0 Å². The molecule has 96 valence electrons. The van der Waals surface area contributed by atoms with E-state index >= 15 is 0 Å². The number of amides is 1. The van der Waals surface area contributed by atoms with Crippen molar-refractivity contribution in [1.82, 2.24) is 4.98 Å². The van der Waals surface area contributed by atoms with Gasteiger partial charge < -0.3 is 5.32 Å². The average Bonchev–Trinajstić information content (AvgIpc) is 2.41. The highest BCUT2D eigenvalue weighted by atomic mass is 35.5. The zero-order valence-electron chi connectivity index (χ0n) is 9.54. The quantitative estimate of drug-likeness (QED) is 0.531. The Balaban J connectivity index is 2.18. The number of pyridine rings is 1. The van der Waals surface area contributed by atoms with E-state index in [4.69, 9.17) is 11.6 Å². The molecule has 0 spiro atoms. The SMILES string of the molecule is O=C(Nc1ccc(Cl)nc1)c1cccc([N+](=O)[O-])c1. The third kappa shape index (κ3) is 3.26. The van der Waals surface area contributed by atoms with Gasteiger partial charge in [0.05, 0.1) is 16.8 Å². The summed E-state index contributed by atoms with van der Waals surface area (Å²) in [5, 5.41) is 13.5. The Hall–Kier alpha value is -2.47. The topological polar surface area (TPSA) is 85.1 Å². The summed E-state index contributed by atoms with van der Waals surface area (Å²) in [5.74, 6) is -0.451. The summed E-state index contributed by atoms with van der Waals surface area (Å²) in [6, 6.07) is 8.59. The van der Waals surface area contributed by atoms with E-state index in [2.05, 4.69) is 10.3 Å². The van der Waals surface area contributed by atoms with Crippen LogP contribution in [0.1, 0.15) is 10.4 Å². The Bertz CT molecular complexity index is 628. The predicted octanol–water partition coefficient (Wildman–Crippen LogP) is 2.90. The normalized spacial score (nSPS) is 9.95. The lowest BCUT2D eigenvalue weighted by Gasteiger charge is -2.04. The Kier molecular flexibility index (Phi) is 3.72. The fourth-order valence-corrected chi connectivity index (χ4v) is 1.53. The number of carbonyl (C=O) groups excluding carboxylic acids is 1. The van der Waals surface area contributed by atoms with Gasteiger partial charge in [0.15, 0.2) is 0 Å². The minimum atomic E-state index is -0.555. The molecule has 0 fully saturated rings. The number of hydrogen-bond donors (Lipinski definition) is 1. The smallest absolute Gasteiger partial charge is 0.270 e. The molecule has 1 aromatic carbocycles. The molecule has 0 aliphatic carbocycles. The largest absolute Gasteiger partial charge is 0.321 e. The number of nitrogens with one attached hydrogen (secondary N) is 1. The van der Waals surface area contributed by atoms with Crippen LogP contribution in [0.25, 0.3) is 0 Å². The lowest BCUT2D eigenvalue weighted by molar-refractivity contribution is -0.384. The van der Waals surface area contributed by atoms with E-state index in [0.29, 0.717) is 10.8 Å². The molecular weight excluding hydrogens is 270 g/mol. The Morgan fingerprint density at radius 3 is 2.74 bits per heavy atom. The number of benzene rings is 1. The Morgan fingerprint density at radius 1 is 1.32 bits per heavy atom. The second-order valence-electron chi connectivity index (χ2n) is 3.63. The first-order valence-electron chi connectivity index (χ1n) is 5.23. The van der Waals surface area contributed by atoms with Crippen LogP contribution in [0.5, 0.6) is 0 Å². The summed E-state index contributed by atoms with van der Waals surface area (Å²) in [6.45, 7) is 0. The molecule has 0 bridgehead atoms. The van der Waals surface area contributed by atoms with Gasteiger partial charge >= 0.3 is 0 Å². The van der Waals surface area contributed by atoms with Gasteiger partial charge in [-0.25, -0.2) is 4.98 Å². The summed E-state index contributed by atoms with van der Waals surface area (Å²) in [5.41, 5.74) is 0.520. The van der Waals surface area contributed by atoms with Crippen LogP contribution in [-0.4, -0.2) is 15.8 Å². The first kappa shape index (κ1) is 13.0. The highest BCUT2D eigenvalue weighted by molar-refractivity contribution is 6.29. The maximum Gasteiger partial charge on any atom is 0.270 e. The highest BCUT2D eigenvalue weighted by Crippen LogP contribution is 2.15. The van der Waals surface area contributed by atoms with Gasteiger partial charge in [0.25, 0.3) is 11.6 Å². The molecule has 0 saturated carbocycles. The van der Waals surface area contributed by atoms with E-state index in [1.165, 1.54) is 36.5 Å².